The van der Waals surface area contributed by atoms with E-state index in [1.54, 1.807) is 28.4 Å². The highest BCUT2D eigenvalue weighted by molar-refractivity contribution is 8.01. The average Bonchev–Trinajstić information content (AvgIpc) is 3.53. The maximum atomic E-state index is 13.1. The van der Waals surface area contributed by atoms with E-state index < -0.39 is 29.2 Å². The summed E-state index contributed by atoms with van der Waals surface area (Å²) in [6, 6.07) is 2.73. The van der Waals surface area contributed by atoms with Gasteiger partial charge in [-0.15, -0.1) is 33.3 Å². The highest BCUT2D eigenvalue weighted by atomic mass is 32.2. The summed E-state index contributed by atoms with van der Waals surface area (Å²) >= 11 is 3.81. The molecule has 0 saturated carbocycles. The Morgan fingerprint density at radius 3 is 2.87 bits per heavy atom. The number of fused-ring (bicyclic) bond motifs is 1. The van der Waals surface area contributed by atoms with Crippen LogP contribution in [0.5, 0.6) is 0 Å². The molecule has 1 fully saturated rings. The summed E-state index contributed by atoms with van der Waals surface area (Å²) in [5, 5.41) is 26.6. The number of nitrogens with one attached hydrogen (secondary N) is 1. The molecule has 17 heteroatoms. The Labute approximate surface area is 233 Å². The lowest BCUT2D eigenvalue weighted by atomic mass is 10.0. The van der Waals surface area contributed by atoms with E-state index in [9.17, 15) is 19.5 Å². The molecule has 1 unspecified atom stereocenters. The van der Waals surface area contributed by atoms with Gasteiger partial charge < -0.3 is 25.6 Å². The van der Waals surface area contributed by atoms with Crippen molar-refractivity contribution in [3.8, 4) is 11.4 Å². The minimum Gasteiger partial charge on any atom is -0.477 e. The average molecular weight is 588 g/mol. The van der Waals surface area contributed by atoms with Gasteiger partial charge in [0, 0.05) is 41.9 Å². The van der Waals surface area contributed by atoms with E-state index in [0.29, 0.717) is 22.3 Å². The van der Waals surface area contributed by atoms with E-state index in [4.69, 9.17) is 10.6 Å². The molecule has 1 saturated heterocycles. The molecular formula is C22H21N9O5S3. The first kappa shape index (κ1) is 26.6. The van der Waals surface area contributed by atoms with Gasteiger partial charge in [0.1, 0.15) is 29.9 Å². The zero-order chi connectivity index (χ0) is 27.7. The molecule has 0 bridgehead atoms. The van der Waals surface area contributed by atoms with Crippen LogP contribution >= 0.6 is 34.9 Å². The fourth-order valence-corrected chi connectivity index (χ4v) is 6.98. The number of carbonyl (C=O) groups is 3. The van der Waals surface area contributed by atoms with Crippen LogP contribution in [0.3, 0.4) is 0 Å². The van der Waals surface area contributed by atoms with Crippen LogP contribution in [0.25, 0.3) is 11.4 Å². The maximum Gasteiger partial charge on any atom is 0.352 e. The second-order valence-corrected chi connectivity index (χ2v) is 11.1. The van der Waals surface area contributed by atoms with Crippen molar-refractivity contribution in [1.29, 1.82) is 0 Å². The standard InChI is InChI=1S/C22H21N9O5S3/c1-30-16(10-4-3-5-24-6-10)27-28-22(30)39-8-11-7-37-19-14(18(33)31(19)15(11)20(34)35)26-17(32)13(29-36-2)12-9-38-21(23)25-12/h3-6,9,14,19H,7-8H2,1-2H3,(H2,23,25)(H,26,32)(H,34,35)/b29-13+/t14-,19?/m1/s1. The van der Waals surface area contributed by atoms with Gasteiger partial charge in [-0.1, -0.05) is 16.9 Å². The van der Waals surface area contributed by atoms with Gasteiger partial charge in [-0.3, -0.25) is 19.5 Å². The molecule has 0 aromatic carbocycles. The number of carboxylic acid groups (broad SMARTS) is 1. The van der Waals surface area contributed by atoms with Crippen molar-refractivity contribution in [2.75, 3.05) is 24.3 Å². The third-order valence-electron chi connectivity index (χ3n) is 5.83. The number of nitrogen functional groups attached to an aromatic ring is 1. The summed E-state index contributed by atoms with van der Waals surface area (Å²) in [5.41, 5.74) is 7.00. The number of pyridine rings is 1. The molecule has 2 amide bonds. The van der Waals surface area contributed by atoms with Crippen LogP contribution in [0.2, 0.25) is 0 Å². The highest BCUT2D eigenvalue weighted by Crippen LogP contribution is 2.41. The van der Waals surface area contributed by atoms with Gasteiger partial charge in [0.15, 0.2) is 21.8 Å². The third-order valence-corrected chi connectivity index (χ3v) is 8.95. The van der Waals surface area contributed by atoms with Gasteiger partial charge in [-0.2, -0.15) is 0 Å². The molecule has 5 heterocycles. The van der Waals surface area contributed by atoms with Crippen LogP contribution in [0.4, 0.5) is 5.13 Å². The fourth-order valence-electron chi connectivity index (χ4n) is 4.03. The lowest BCUT2D eigenvalue weighted by Crippen LogP contribution is -2.71. The minimum atomic E-state index is -1.22. The molecular weight excluding hydrogens is 567 g/mol. The van der Waals surface area contributed by atoms with Gasteiger partial charge in [0.2, 0.25) is 0 Å². The second kappa shape index (κ2) is 11.0. The Hall–Kier alpha value is -3.96. The smallest absolute Gasteiger partial charge is 0.352 e. The first-order valence-corrected chi connectivity index (χ1v) is 14.2. The number of aliphatic carboxylic acids is 1. The Morgan fingerprint density at radius 2 is 2.21 bits per heavy atom. The number of oxime groups is 1. The number of anilines is 1. The largest absolute Gasteiger partial charge is 0.477 e. The zero-order valence-corrected chi connectivity index (χ0v) is 22.9. The van der Waals surface area contributed by atoms with Crippen LogP contribution in [0.15, 0.2) is 51.5 Å². The van der Waals surface area contributed by atoms with Gasteiger partial charge in [-0.05, 0) is 17.7 Å². The van der Waals surface area contributed by atoms with Crippen molar-refractivity contribution in [1.82, 2.24) is 34.9 Å². The SMILES string of the molecule is CO/N=C(/C(=O)N[C@@H]1C(=O)N2C(C(=O)O)=C(CSc3nnc(-c4cccnc4)n3C)CSC12)c1csc(N)n1. The number of hydrogen-bond acceptors (Lipinski definition) is 13. The number of nitrogens with two attached hydrogens (primary N) is 1. The van der Waals surface area contributed by atoms with Gasteiger partial charge in [0.25, 0.3) is 11.8 Å². The molecule has 39 heavy (non-hydrogen) atoms. The Morgan fingerprint density at radius 1 is 1.38 bits per heavy atom. The normalized spacial score (nSPS) is 19.0. The molecule has 2 aliphatic heterocycles. The number of rotatable bonds is 9. The van der Waals surface area contributed by atoms with Crippen molar-refractivity contribution in [3.05, 3.63) is 46.9 Å². The number of thiazole rings is 1. The number of carbonyl (C=O) groups excluding carboxylic acids is 2. The van der Waals surface area contributed by atoms with E-state index in [-0.39, 0.29) is 28.0 Å². The van der Waals surface area contributed by atoms with Crippen molar-refractivity contribution in [2.24, 2.45) is 12.2 Å². The number of amides is 2. The molecule has 4 N–H and O–H groups in total. The zero-order valence-electron chi connectivity index (χ0n) is 20.5. The van der Waals surface area contributed by atoms with Gasteiger partial charge >= 0.3 is 5.97 Å². The lowest BCUT2D eigenvalue weighted by molar-refractivity contribution is -0.150. The Bertz CT molecular complexity index is 1500. The van der Waals surface area contributed by atoms with Gasteiger partial charge in [0.05, 0.1) is 0 Å². The number of thioether (sulfide) groups is 2. The number of hydrogen-bond donors (Lipinski definition) is 3. The van der Waals surface area contributed by atoms with Crippen LogP contribution in [-0.4, -0.2) is 88.3 Å². The molecule has 202 valence electrons. The quantitative estimate of drug-likeness (QED) is 0.138. The number of β-lactam (4-membered cyclic amide) rings is 1. The number of nitrogens with zero attached hydrogens (tertiary/aromatic N) is 7. The lowest BCUT2D eigenvalue weighted by Gasteiger charge is -2.49. The van der Waals surface area contributed by atoms with Crippen LogP contribution < -0.4 is 11.1 Å². The van der Waals surface area contributed by atoms with Crippen LogP contribution in [0.1, 0.15) is 5.69 Å². The van der Waals surface area contributed by atoms with E-state index >= 15 is 0 Å². The molecule has 0 aliphatic carbocycles. The molecule has 14 nitrogen and oxygen atoms in total. The van der Waals surface area contributed by atoms with Crippen molar-refractivity contribution in [2.45, 2.75) is 16.6 Å². The first-order valence-electron chi connectivity index (χ1n) is 11.3. The Balaban J connectivity index is 1.30. The molecule has 3 aromatic rings. The maximum absolute atomic E-state index is 13.1. The topological polar surface area (TPSA) is 191 Å². The van der Waals surface area contributed by atoms with Crippen LogP contribution in [-0.2, 0) is 26.3 Å². The van der Waals surface area contributed by atoms with E-state index in [2.05, 4.69) is 30.6 Å². The van der Waals surface area contributed by atoms with Crippen molar-refractivity contribution < 1.29 is 24.3 Å². The van der Waals surface area contributed by atoms with E-state index in [0.717, 1.165) is 16.9 Å². The number of aromatic nitrogens is 5. The first-order chi connectivity index (χ1) is 18.8. The monoisotopic (exact) mass is 587 g/mol. The Kier molecular flexibility index (Phi) is 7.53. The summed E-state index contributed by atoms with van der Waals surface area (Å²) in [5.74, 6) is -1.17. The summed E-state index contributed by atoms with van der Waals surface area (Å²) in [6.45, 7) is 0. The van der Waals surface area contributed by atoms with E-state index in [1.807, 2.05) is 13.1 Å². The predicted molar refractivity (Wildman–Crippen MR) is 145 cm³/mol. The van der Waals surface area contributed by atoms with Crippen LogP contribution in [0, 0.1) is 0 Å². The predicted octanol–water partition coefficient (Wildman–Crippen LogP) is 0.797. The van der Waals surface area contributed by atoms with Gasteiger partial charge in [-0.25, -0.2) is 9.78 Å². The number of carboxylic acids is 1. The summed E-state index contributed by atoms with van der Waals surface area (Å²) in [7, 11) is 3.09. The minimum absolute atomic E-state index is 0.0885. The molecule has 2 aliphatic rings. The highest BCUT2D eigenvalue weighted by Gasteiger charge is 2.54. The molecule has 0 radical (unpaired) electrons. The third kappa shape index (κ3) is 5.07. The van der Waals surface area contributed by atoms with Crippen molar-refractivity contribution in [3.63, 3.8) is 0 Å². The summed E-state index contributed by atoms with van der Waals surface area (Å²) in [4.78, 5) is 52.3. The second-order valence-electron chi connectivity index (χ2n) is 8.21. The summed E-state index contributed by atoms with van der Waals surface area (Å²) < 4.78 is 1.80. The molecule has 5 rings (SSSR count). The fraction of sp³-hybridized carbons (Fsp3) is 0.273. The van der Waals surface area contributed by atoms with E-state index in [1.165, 1.54) is 35.5 Å². The molecule has 0 spiro atoms. The molecule has 3 aromatic heterocycles. The molecule has 2 atom stereocenters. The van der Waals surface area contributed by atoms with Crippen molar-refractivity contribution >= 4 is 63.5 Å². The summed E-state index contributed by atoms with van der Waals surface area (Å²) in [6.07, 6.45) is 3.35.